The first-order valence-corrected chi connectivity index (χ1v) is 10.3. The van der Waals surface area contributed by atoms with Gasteiger partial charge < -0.3 is 15.5 Å². The number of benzene rings is 2. The summed E-state index contributed by atoms with van der Waals surface area (Å²) in [6.45, 7) is 2.61. The molecule has 1 saturated carbocycles. The third kappa shape index (κ3) is 4.70. The predicted octanol–water partition coefficient (Wildman–Crippen LogP) is 2.75. The van der Waals surface area contributed by atoms with Gasteiger partial charge in [-0.2, -0.15) is 0 Å². The van der Waals surface area contributed by atoms with E-state index in [9.17, 15) is 14.0 Å². The van der Waals surface area contributed by atoms with Gasteiger partial charge in [0.05, 0.1) is 5.56 Å². The van der Waals surface area contributed by atoms with Gasteiger partial charge in [-0.15, -0.1) is 0 Å². The lowest BCUT2D eigenvalue weighted by Gasteiger charge is -2.25. The maximum Gasteiger partial charge on any atom is 0.253 e. The Balaban J connectivity index is 1.60. The summed E-state index contributed by atoms with van der Waals surface area (Å²) >= 11 is 0. The van der Waals surface area contributed by atoms with E-state index < -0.39 is 11.7 Å². The predicted molar refractivity (Wildman–Crippen MR) is 116 cm³/mol. The largest absolute Gasteiger partial charge is 0.355 e. The molecule has 0 aromatic heterocycles. The van der Waals surface area contributed by atoms with Crippen molar-refractivity contribution in [1.29, 1.82) is 0 Å². The first-order valence-electron chi connectivity index (χ1n) is 10.3. The van der Waals surface area contributed by atoms with Crippen molar-refractivity contribution < 1.29 is 14.0 Å². The Labute approximate surface area is 177 Å². The number of halogens is 1. The van der Waals surface area contributed by atoms with E-state index in [1.54, 1.807) is 6.07 Å². The number of carbonyl (C=O) groups excluding carboxylic acids is 2. The summed E-state index contributed by atoms with van der Waals surface area (Å²) in [5.74, 6) is -0.937. The lowest BCUT2D eigenvalue weighted by Crippen LogP contribution is -2.42. The van der Waals surface area contributed by atoms with Crippen molar-refractivity contribution in [3.8, 4) is 0 Å². The summed E-state index contributed by atoms with van der Waals surface area (Å²) in [7, 11) is 5.36. The Hall–Kier alpha value is -2.73. The lowest BCUT2D eigenvalue weighted by atomic mass is 9.95. The van der Waals surface area contributed by atoms with E-state index in [4.69, 9.17) is 0 Å². The third-order valence-electron chi connectivity index (χ3n) is 6.21. The molecule has 5 nitrogen and oxygen atoms in total. The second kappa shape index (κ2) is 8.96. The van der Waals surface area contributed by atoms with E-state index in [-0.39, 0.29) is 28.8 Å². The number of amides is 2. The van der Waals surface area contributed by atoms with E-state index in [1.165, 1.54) is 24.7 Å². The van der Waals surface area contributed by atoms with Crippen LogP contribution in [0.2, 0.25) is 0 Å². The lowest BCUT2D eigenvalue weighted by molar-refractivity contribution is -0.122. The van der Waals surface area contributed by atoms with Crippen molar-refractivity contribution in [3.05, 3.63) is 71.0 Å². The Kier molecular flexibility index (Phi) is 6.56. The summed E-state index contributed by atoms with van der Waals surface area (Å²) in [6.07, 6.45) is 1.42. The zero-order valence-corrected chi connectivity index (χ0v) is 18.0. The van der Waals surface area contributed by atoms with E-state index in [2.05, 4.69) is 29.7 Å². The zero-order valence-electron chi connectivity index (χ0n) is 18.0. The van der Waals surface area contributed by atoms with Crippen molar-refractivity contribution in [3.63, 3.8) is 0 Å². The van der Waals surface area contributed by atoms with Crippen LogP contribution in [0.15, 0.2) is 48.5 Å². The van der Waals surface area contributed by atoms with Crippen LogP contribution < -0.4 is 10.6 Å². The van der Waals surface area contributed by atoms with Crippen molar-refractivity contribution in [2.45, 2.75) is 31.2 Å². The van der Waals surface area contributed by atoms with Gasteiger partial charge in [-0.3, -0.25) is 9.59 Å². The van der Waals surface area contributed by atoms with Gasteiger partial charge in [-0.25, -0.2) is 4.39 Å². The normalized spacial score (nSPS) is 21.2. The number of hydrogen-bond acceptors (Lipinski definition) is 3. The molecule has 6 heteroatoms. The molecule has 2 aromatic carbocycles. The van der Waals surface area contributed by atoms with Crippen LogP contribution in [0.4, 0.5) is 4.39 Å². The maximum atomic E-state index is 14.3. The topological polar surface area (TPSA) is 61.4 Å². The quantitative estimate of drug-likeness (QED) is 0.702. The van der Waals surface area contributed by atoms with Crippen LogP contribution in [0, 0.1) is 11.7 Å². The first kappa shape index (κ1) is 22.0. The molecule has 2 amide bonds. The molecule has 0 bridgehead atoms. The molecule has 1 unspecified atom stereocenters. The highest BCUT2D eigenvalue weighted by molar-refractivity contribution is 5.94. The second-order valence-corrected chi connectivity index (χ2v) is 8.50. The standard InChI is InChI=1S/C24H30FN3O2/c1-24(17-8-6-5-7-9-17)14-20(24)23(30)27-15-18(28(3)4)12-16-10-11-19(21(25)13-16)22(29)26-2/h5-11,13,18,20H,12,14-15H2,1-4H3,(H,26,29)(H,27,30)/t18?,20-,24-/m1/s1. The summed E-state index contributed by atoms with van der Waals surface area (Å²) in [5.41, 5.74) is 1.91. The van der Waals surface area contributed by atoms with E-state index in [0.717, 1.165) is 12.0 Å². The zero-order chi connectivity index (χ0) is 21.9. The van der Waals surface area contributed by atoms with Crippen molar-refractivity contribution >= 4 is 11.8 Å². The number of nitrogens with zero attached hydrogens (tertiary/aromatic N) is 1. The summed E-state index contributed by atoms with van der Waals surface area (Å²) < 4.78 is 14.3. The molecule has 0 radical (unpaired) electrons. The maximum absolute atomic E-state index is 14.3. The summed E-state index contributed by atoms with van der Waals surface area (Å²) in [5, 5.41) is 5.52. The highest BCUT2D eigenvalue weighted by atomic mass is 19.1. The number of carbonyl (C=O) groups is 2. The van der Waals surface area contributed by atoms with Crippen LogP contribution in [-0.4, -0.2) is 50.4 Å². The Morgan fingerprint density at radius 3 is 2.50 bits per heavy atom. The minimum absolute atomic E-state index is 0.0148. The number of likely N-dealkylation sites (N-methyl/N-ethyl adjacent to an activating group) is 1. The van der Waals surface area contributed by atoms with Gasteiger partial charge in [-0.05, 0) is 50.2 Å². The molecule has 0 saturated heterocycles. The second-order valence-electron chi connectivity index (χ2n) is 8.50. The van der Waals surface area contributed by atoms with Crippen LogP contribution >= 0.6 is 0 Å². The van der Waals surface area contributed by atoms with Gasteiger partial charge in [0.25, 0.3) is 5.91 Å². The van der Waals surface area contributed by atoms with Crippen LogP contribution in [0.5, 0.6) is 0 Å². The van der Waals surface area contributed by atoms with E-state index >= 15 is 0 Å². The summed E-state index contributed by atoms with van der Waals surface area (Å²) in [4.78, 5) is 26.4. The van der Waals surface area contributed by atoms with Crippen LogP contribution in [0.3, 0.4) is 0 Å². The molecule has 1 aliphatic carbocycles. The monoisotopic (exact) mass is 411 g/mol. The molecule has 2 N–H and O–H groups in total. The fraction of sp³-hybridized carbons (Fsp3) is 0.417. The Bertz CT molecular complexity index is 916. The Morgan fingerprint density at radius 2 is 1.90 bits per heavy atom. The molecule has 0 heterocycles. The molecule has 1 aliphatic rings. The van der Waals surface area contributed by atoms with Crippen LogP contribution in [0.25, 0.3) is 0 Å². The molecular weight excluding hydrogens is 381 g/mol. The SMILES string of the molecule is CNC(=O)c1ccc(CC(CNC(=O)[C@H]2C[C@]2(C)c2ccccc2)N(C)C)cc1F. The highest BCUT2D eigenvalue weighted by Crippen LogP contribution is 2.53. The van der Waals surface area contributed by atoms with Crippen molar-refractivity contribution in [2.75, 3.05) is 27.7 Å². The average Bonchev–Trinajstić information content (AvgIpc) is 3.44. The fourth-order valence-electron chi connectivity index (χ4n) is 3.94. The van der Waals surface area contributed by atoms with Crippen LogP contribution in [0.1, 0.15) is 34.8 Å². The molecule has 3 atom stereocenters. The average molecular weight is 412 g/mol. The van der Waals surface area contributed by atoms with E-state index in [0.29, 0.717) is 13.0 Å². The van der Waals surface area contributed by atoms with Crippen LogP contribution in [-0.2, 0) is 16.6 Å². The minimum atomic E-state index is -0.537. The summed E-state index contributed by atoms with van der Waals surface area (Å²) in [6, 6.07) is 14.8. The van der Waals surface area contributed by atoms with Crippen molar-refractivity contribution in [2.24, 2.45) is 5.92 Å². The molecule has 160 valence electrons. The molecule has 3 rings (SSSR count). The van der Waals surface area contributed by atoms with Gasteiger partial charge >= 0.3 is 0 Å². The molecule has 2 aromatic rings. The fourth-order valence-corrected chi connectivity index (χ4v) is 3.94. The van der Waals surface area contributed by atoms with Gasteiger partial charge in [0.2, 0.25) is 5.91 Å². The van der Waals surface area contributed by atoms with Gasteiger partial charge in [-0.1, -0.05) is 43.3 Å². The van der Waals surface area contributed by atoms with Gasteiger partial charge in [0.1, 0.15) is 5.82 Å². The molecule has 30 heavy (non-hydrogen) atoms. The first-order chi connectivity index (χ1) is 14.3. The van der Waals surface area contributed by atoms with E-state index in [1.807, 2.05) is 37.2 Å². The minimum Gasteiger partial charge on any atom is -0.355 e. The van der Waals surface area contributed by atoms with Gasteiger partial charge in [0.15, 0.2) is 0 Å². The number of hydrogen-bond donors (Lipinski definition) is 2. The number of nitrogens with one attached hydrogen (secondary N) is 2. The highest BCUT2D eigenvalue weighted by Gasteiger charge is 2.55. The van der Waals surface area contributed by atoms with Crippen molar-refractivity contribution in [1.82, 2.24) is 15.5 Å². The molecule has 1 fully saturated rings. The Morgan fingerprint density at radius 1 is 1.20 bits per heavy atom. The third-order valence-corrected chi connectivity index (χ3v) is 6.21. The molecule has 0 spiro atoms. The molecule has 0 aliphatic heterocycles. The number of rotatable bonds is 8. The smallest absolute Gasteiger partial charge is 0.253 e. The van der Waals surface area contributed by atoms with Gasteiger partial charge in [0, 0.05) is 31.0 Å². The molecular formula is C24H30FN3O2.